The van der Waals surface area contributed by atoms with E-state index in [2.05, 4.69) is 20.8 Å². The zero-order chi connectivity index (χ0) is 21.8. The van der Waals surface area contributed by atoms with Gasteiger partial charge >= 0.3 is 6.03 Å². The van der Waals surface area contributed by atoms with E-state index in [1.807, 2.05) is 16.8 Å². The number of carbonyl (C=O) groups is 1. The second kappa shape index (κ2) is 9.08. The Morgan fingerprint density at radius 2 is 1.97 bits per heavy atom. The second-order valence-electron chi connectivity index (χ2n) is 7.08. The molecular weight excluding hydrogens is 438 g/mol. The molecule has 0 saturated carbocycles. The van der Waals surface area contributed by atoms with Crippen LogP contribution in [0.4, 0.5) is 16.3 Å². The molecule has 31 heavy (non-hydrogen) atoms. The lowest BCUT2D eigenvalue weighted by Gasteiger charge is -2.26. The summed E-state index contributed by atoms with van der Waals surface area (Å²) < 4.78 is 32.7. The van der Waals surface area contributed by atoms with E-state index in [-0.39, 0.29) is 10.6 Å². The van der Waals surface area contributed by atoms with Crippen LogP contribution in [0.5, 0.6) is 5.75 Å². The first-order valence-electron chi connectivity index (χ1n) is 9.81. The van der Waals surface area contributed by atoms with Crippen LogP contribution >= 0.6 is 11.3 Å². The molecule has 2 aromatic heterocycles. The van der Waals surface area contributed by atoms with Gasteiger partial charge in [0.15, 0.2) is 5.82 Å². The van der Waals surface area contributed by atoms with Crippen molar-refractivity contribution >= 4 is 38.9 Å². The van der Waals surface area contributed by atoms with Gasteiger partial charge in [0.1, 0.15) is 5.75 Å². The number of piperidine rings is 1. The molecule has 0 spiro atoms. The van der Waals surface area contributed by atoms with Crippen LogP contribution in [0.15, 0.2) is 46.0 Å². The van der Waals surface area contributed by atoms with Crippen molar-refractivity contribution in [2.75, 3.05) is 30.8 Å². The smallest absolute Gasteiger partial charge is 0.325 e. The minimum Gasteiger partial charge on any atom is -0.495 e. The van der Waals surface area contributed by atoms with E-state index in [4.69, 9.17) is 4.74 Å². The number of aromatic amines is 1. The highest BCUT2D eigenvalue weighted by Crippen LogP contribution is 2.30. The van der Waals surface area contributed by atoms with Crippen molar-refractivity contribution in [1.29, 1.82) is 0 Å². The standard InChI is InChI=1S/C20H23N5O4S2/c1-29-18-6-5-15(31(27,28)25-8-3-2-4-9-25)11-17(18)21-20(26)22-19-12-16(23-24-19)14-7-10-30-13-14/h5-7,10-13H,2-4,8-9H2,1H3,(H3,21,22,23,24,26). The Kier molecular flexibility index (Phi) is 6.25. The maximum Gasteiger partial charge on any atom is 0.325 e. The minimum absolute atomic E-state index is 0.116. The average Bonchev–Trinajstić information content (AvgIpc) is 3.46. The third-order valence-corrected chi connectivity index (χ3v) is 7.60. The summed E-state index contributed by atoms with van der Waals surface area (Å²) in [5.74, 6) is 0.698. The van der Waals surface area contributed by atoms with E-state index in [1.165, 1.54) is 29.6 Å². The molecule has 0 atom stereocenters. The van der Waals surface area contributed by atoms with Gasteiger partial charge in [-0.2, -0.15) is 20.7 Å². The fraction of sp³-hybridized carbons (Fsp3) is 0.300. The molecule has 0 radical (unpaired) electrons. The summed E-state index contributed by atoms with van der Waals surface area (Å²) in [6.07, 6.45) is 2.72. The molecule has 1 aliphatic rings. The fourth-order valence-corrected chi connectivity index (χ4v) is 5.62. The molecule has 3 aromatic rings. The minimum atomic E-state index is -3.64. The highest BCUT2D eigenvalue weighted by atomic mass is 32.2. The molecule has 0 unspecified atom stereocenters. The van der Waals surface area contributed by atoms with E-state index >= 15 is 0 Å². The Bertz CT molecular complexity index is 1150. The largest absolute Gasteiger partial charge is 0.495 e. The number of ether oxygens (including phenoxy) is 1. The van der Waals surface area contributed by atoms with Gasteiger partial charge in [-0.3, -0.25) is 10.4 Å². The number of aromatic nitrogens is 2. The summed E-state index contributed by atoms with van der Waals surface area (Å²) in [6.45, 7) is 1.01. The van der Waals surface area contributed by atoms with Crippen molar-refractivity contribution in [2.45, 2.75) is 24.2 Å². The summed E-state index contributed by atoms with van der Waals surface area (Å²) in [5, 5.41) is 16.2. The van der Waals surface area contributed by atoms with Crippen LogP contribution in [0.2, 0.25) is 0 Å². The second-order valence-corrected chi connectivity index (χ2v) is 9.80. The Hall–Kier alpha value is -2.89. The van der Waals surface area contributed by atoms with Crippen molar-refractivity contribution in [3.63, 3.8) is 0 Å². The lowest BCUT2D eigenvalue weighted by atomic mass is 10.2. The quantitative estimate of drug-likeness (QED) is 0.514. The van der Waals surface area contributed by atoms with E-state index in [0.29, 0.717) is 24.7 Å². The van der Waals surface area contributed by atoms with E-state index in [1.54, 1.807) is 17.4 Å². The Labute approximate surface area is 184 Å². The van der Waals surface area contributed by atoms with Gasteiger partial charge in [0.2, 0.25) is 10.0 Å². The number of hydrogen-bond donors (Lipinski definition) is 3. The fourth-order valence-electron chi connectivity index (χ4n) is 3.42. The first kappa shape index (κ1) is 21.3. The van der Waals surface area contributed by atoms with Crippen LogP contribution in [0.1, 0.15) is 19.3 Å². The number of sulfonamides is 1. The highest BCUT2D eigenvalue weighted by Gasteiger charge is 2.27. The number of H-pyrrole nitrogens is 1. The van der Waals surface area contributed by atoms with Crippen molar-refractivity contribution in [3.8, 4) is 17.0 Å². The van der Waals surface area contributed by atoms with Crippen LogP contribution in [-0.4, -0.2) is 49.2 Å². The van der Waals surface area contributed by atoms with Crippen LogP contribution in [0.25, 0.3) is 11.3 Å². The third kappa shape index (κ3) is 4.73. The highest BCUT2D eigenvalue weighted by molar-refractivity contribution is 7.89. The zero-order valence-corrected chi connectivity index (χ0v) is 18.6. The number of thiophene rings is 1. The van der Waals surface area contributed by atoms with Crippen molar-refractivity contribution in [3.05, 3.63) is 41.1 Å². The van der Waals surface area contributed by atoms with Crippen LogP contribution < -0.4 is 15.4 Å². The summed E-state index contributed by atoms with van der Waals surface area (Å²) in [7, 11) is -2.18. The number of methoxy groups -OCH3 is 1. The molecule has 2 amide bonds. The molecule has 11 heteroatoms. The maximum absolute atomic E-state index is 13.0. The van der Waals surface area contributed by atoms with E-state index < -0.39 is 16.1 Å². The molecule has 164 valence electrons. The normalized spacial score (nSPS) is 14.9. The first-order valence-corrected chi connectivity index (χ1v) is 12.2. The molecule has 3 N–H and O–H groups in total. The predicted octanol–water partition coefficient (Wildman–Crippen LogP) is 3.97. The van der Waals surface area contributed by atoms with Gasteiger partial charge in [-0.1, -0.05) is 6.42 Å². The van der Waals surface area contributed by atoms with Crippen molar-refractivity contribution in [1.82, 2.24) is 14.5 Å². The predicted molar refractivity (Wildman–Crippen MR) is 120 cm³/mol. The summed E-state index contributed by atoms with van der Waals surface area (Å²) >= 11 is 1.56. The number of anilines is 2. The number of hydrogen-bond acceptors (Lipinski definition) is 6. The molecule has 1 fully saturated rings. The lowest BCUT2D eigenvalue weighted by molar-refractivity contribution is 0.262. The summed E-state index contributed by atoms with van der Waals surface area (Å²) in [6, 6.07) is 7.55. The molecule has 1 saturated heterocycles. The van der Waals surface area contributed by atoms with Crippen molar-refractivity contribution < 1.29 is 17.9 Å². The first-order chi connectivity index (χ1) is 15.0. The number of urea groups is 1. The summed E-state index contributed by atoms with van der Waals surface area (Å²) in [5.41, 5.74) is 2.01. The molecule has 1 aromatic carbocycles. The molecule has 4 rings (SSSR count). The Morgan fingerprint density at radius 1 is 1.16 bits per heavy atom. The number of nitrogens with one attached hydrogen (secondary N) is 3. The topological polar surface area (TPSA) is 116 Å². The Morgan fingerprint density at radius 3 is 2.68 bits per heavy atom. The number of nitrogens with zero attached hydrogens (tertiary/aromatic N) is 2. The monoisotopic (exact) mass is 461 g/mol. The van der Waals surface area contributed by atoms with E-state index in [0.717, 1.165) is 30.5 Å². The molecule has 0 bridgehead atoms. The lowest BCUT2D eigenvalue weighted by Crippen LogP contribution is -2.35. The SMILES string of the molecule is COc1ccc(S(=O)(=O)N2CCCCC2)cc1NC(=O)Nc1cc(-c2ccsc2)[nH]n1. The van der Waals surface area contributed by atoms with Gasteiger partial charge in [0.25, 0.3) is 0 Å². The van der Waals surface area contributed by atoms with Gasteiger partial charge in [0, 0.05) is 30.1 Å². The number of benzene rings is 1. The maximum atomic E-state index is 13.0. The number of rotatable bonds is 6. The van der Waals surface area contributed by atoms with Gasteiger partial charge in [-0.15, -0.1) is 0 Å². The van der Waals surface area contributed by atoms with Gasteiger partial charge < -0.3 is 10.1 Å². The zero-order valence-electron chi connectivity index (χ0n) is 16.9. The van der Waals surface area contributed by atoms with Crippen LogP contribution in [0.3, 0.4) is 0 Å². The average molecular weight is 462 g/mol. The number of amides is 2. The van der Waals surface area contributed by atoms with Gasteiger partial charge in [-0.05, 0) is 42.5 Å². The molecule has 9 nitrogen and oxygen atoms in total. The third-order valence-electron chi connectivity index (χ3n) is 5.02. The van der Waals surface area contributed by atoms with Gasteiger partial charge in [0.05, 0.1) is 23.4 Å². The molecular formula is C20H23N5O4S2. The van der Waals surface area contributed by atoms with Crippen LogP contribution in [0, 0.1) is 0 Å². The van der Waals surface area contributed by atoms with Gasteiger partial charge in [-0.25, -0.2) is 13.2 Å². The summed E-state index contributed by atoms with van der Waals surface area (Å²) in [4.78, 5) is 12.6. The van der Waals surface area contributed by atoms with Crippen LogP contribution in [-0.2, 0) is 10.0 Å². The number of carbonyl (C=O) groups excluding carboxylic acids is 1. The molecule has 0 aliphatic carbocycles. The molecule has 1 aliphatic heterocycles. The van der Waals surface area contributed by atoms with E-state index in [9.17, 15) is 13.2 Å². The molecule has 3 heterocycles. The van der Waals surface area contributed by atoms with Crippen molar-refractivity contribution in [2.24, 2.45) is 0 Å². The Balaban J connectivity index is 1.50.